The van der Waals surface area contributed by atoms with Gasteiger partial charge in [-0.3, -0.25) is 0 Å². The lowest BCUT2D eigenvalue weighted by molar-refractivity contribution is -0.146. The number of hydrogen-bond acceptors (Lipinski definition) is 4. The van der Waals surface area contributed by atoms with Gasteiger partial charge in [0.25, 0.3) is 0 Å². The minimum Gasteiger partial charge on any atom is -0.479 e. The Morgan fingerprint density at radius 3 is 2.50 bits per heavy atom. The number of carbonyl (C=O) groups excluding carboxylic acids is 1. The number of nitrogens with one attached hydrogen (secondary N) is 2. The lowest BCUT2D eigenvalue weighted by Crippen LogP contribution is -2.59. The first-order chi connectivity index (χ1) is 8.56. The molecule has 3 saturated heterocycles. The molecule has 0 aromatic heterocycles. The van der Waals surface area contributed by atoms with E-state index in [4.69, 9.17) is 10.2 Å². The molecule has 3 fully saturated rings. The summed E-state index contributed by atoms with van der Waals surface area (Å²) in [7, 11) is 0. The van der Waals surface area contributed by atoms with E-state index in [9.17, 15) is 9.59 Å². The number of aliphatic hydroxyl groups is 1. The molecule has 2 bridgehead atoms. The van der Waals surface area contributed by atoms with Crippen molar-refractivity contribution in [2.75, 3.05) is 26.2 Å². The number of aliphatic hydroxyl groups excluding tert-OH is 1. The number of aliphatic carboxylic acids is 1. The maximum atomic E-state index is 11.6. The average Bonchev–Trinajstić information content (AvgIpc) is 2.37. The molecule has 0 radical (unpaired) electrons. The standard InChI is InChI=1S/C11H19N3O4/c15-9(10(16)17)5-12-11(18)13-8-6-14-3-1-7(8)2-4-14/h7-9,15H,1-6H2,(H,16,17)(H2,12,13,18). The minimum atomic E-state index is -1.55. The van der Waals surface area contributed by atoms with Gasteiger partial charge in [0.2, 0.25) is 0 Å². The van der Waals surface area contributed by atoms with Crippen LogP contribution in [-0.4, -0.2) is 65.4 Å². The summed E-state index contributed by atoms with van der Waals surface area (Å²) in [5.41, 5.74) is 0. The highest BCUT2D eigenvalue weighted by molar-refractivity contribution is 5.76. The summed E-state index contributed by atoms with van der Waals surface area (Å²) in [4.78, 5) is 24.3. The summed E-state index contributed by atoms with van der Waals surface area (Å²) in [6.45, 7) is 2.78. The second-order valence-electron chi connectivity index (χ2n) is 4.95. The molecule has 0 aromatic rings. The third-order valence-corrected chi connectivity index (χ3v) is 3.71. The van der Waals surface area contributed by atoms with Crippen molar-refractivity contribution in [3.63, 3.8) is 0 Å². The highest BCUT2D eigenvalue weighted by Gasteiger charge is 2.34. The second-order valence-corrected chi connectivity index (χ2v) is 4.95. The van der Waals surface area contributed by atoms with Gasteiger partial charge in [-0.25, -0.2) is 9.59 Å². The third-order valence-electron chi connectivity index (χ3n) is 3.71. The van der Waals surface area contributed by atoms with E-state index in [1.54, 1.807) is 0 Å². The van der Waals surface area contributed by atoms with Crippen LogP contribution in [0.1, 0.15) is 12.8 Å². The molecule has 7 nitrogen and oxygen atoms in total. The maximum Gasteiger partial charge on any atom is 0.334 e. The number of amides is 2. The van der Waals surface area contributed by atoms with Crippen LogP contribution in [0.5, 0.6) is 0 Å². The fraction of sp³-hybridized carbons (Fsp3) is 0.818. The van der Waals surface area contributed by atoms with Gasteiger partial charge in [0, 0.05) is 12.6 Å². The number of carbonyl (C=O) groups is 2. The van der Waals surface area contributed by atoms with E-state index in [0.717, 1.165) is 32.5 Å². The highest BCUT2D eigenvalue weighted by atomic mass is 16.4. The molecule has 18 heavy (non-hydrogen) atoms. The average molecular weight is 257 g/mol. The fourth-order valence-electron chi connectivity index (χ4n) is 2.62. The van der Waals surface area contributed by atoms with Crippen molar-refractivity contribution in [3.05, 3.63) is 0 Å². The quantitative estimate of drug-likeness (QED) is 0.508. The lowest BCUT2D eigenvalue weighted by Gasteiger charge is -2.44. The fourth-order valence-corrected chi connectivity index (χ4v) is 2.62. The van der Waals surface area contributed by atoms with E-state index >= 15 is 0 Å². The molecular weight excluding hydrogens is 238 g/mol. The molecule has 0 spiro atoms. The predicted molar refractivity (Wildman–Crippen MR) is 63.1 cm³/mol. The Bertz CT molecular complexity index is 328. The number of rotatable bonds is 4. The van der Waals surface area contributed by atoms with Gasteiger partial charge in [0.15, 0.2) is 6.10 Å². The Morgan fingerprint density at radius 1 is 1.33 bits per heavy atom. The van der Waals surface area contributed by atoms with Crippen LogP contribution in [0.4, 0.5) is 4.79 Å². The van der Waals surface area contributed by atoms with Gasteiger partial charge in [-0.2, -0.15) is 0 Å². The van der Waals surface area contributed by atoms with Crippen molar-refractivity contribution in [1.29, 1.82) is 0 Å². The summed E-state index contributed by atoms with van der Waals surface area (Å²) in [6.07, 6.45) is 0.646. The highest BCUT2D eigenvalue weighted by Crippen LogP contribution is 2.27. The first-order valence-electron chi connectivity index (χ1n) is 6.24. The van der Waals surface area contributed by atoms with Crippen molar-refractivity contribution in [3.8, 4) is 0 Å². The van der Waals surface area contributed by atoms with Gasteiger partial charge >= 0.3 is 12.0 Å². The van der Waals surface area contributed by atoms with Crippen LogP contribution < -0.4 is 10.6 Å². The summed E-state index contributed by atoms with van der Waals surface area (Å²) >= 11 is 0. The molecule has 3 heterocycles. The van der Waals surface area contributed by atoms with E-state index in [2.05, 4.69) is 15.5 Å². The molecule has 3 aliphatic rings. The second kappa shape index (κ2) is 5.53. The van der Waals surface area contributed by atoms with Crippen molar-refractivity contribution in [2.24, 2.45) is 5.92 Å². The first kappa shape index (κ1) is 13.1. The molecule has 102 valence electrons. The zero-order valence-electron chi connectivity index (χ0n) is 10.1. The number of nitrogens with zero attached hydrogens (tertiary/aromatic N) is 1. The van der Waals surface area contributed by atoms with Crippen molar-refractivity contribution >= 4 is 12.0 Å². The van der Waals surface area contributed by atoms with E-state index in [1.165, 1.54) is 0 Å². The Morgan fingerprint density at radius 2 is 2.00 bits per heavy atom. The van der Waals surface area contributed by atoms with Gasteiger partial charge in [-0.05, 0) is 31.8 Å². The normalized spacial score (nSPS) is 31.7. The molecule has 0 saturated carbocycles. The summed E-state index contributed by atoms with van der Waals surface area (Å²) in [5.74, 6) is -0.816. The van der Waals surface area contributed by atoms with Crippen molar-refractivity contribution in [1.82, 2.24) is 15.5 Å². The first-order valence-corrected chi connectivity index (χ1v) is 6.24. The molecule has 2 atom stereocenters. The van der Waals surface area contributed by atoms with Gasteiger partial charge < -0.3 is 25.7 Å². The number of hydrogen-bond donors (Lipinski definition) is 4. The van der Waals surface area contributed by atoms with Gasteiger partial charge in [-0.1, -0.05) is 0 Å². The Balaban J connectivity index is 1.73. The predicted octanol–water partition coefficient (Wildman–Crippen LogP) is -1.17. The number of carboxylic acid groups (broad SMARTS) is 1. The van der Waals surface area contributed by atoms with Gasteiger partial charge in [-0.15, -0.1) is 0 Å². The van der Waals surface area contributed by atoms with Crippen LogP contribution in [0.25, 0.3) is 0 Å². The lowest BCUT2D eigenvalue weighted by atomic mass is 9.84. The number of urea groups is 1. The monoisotopic (exact) mass is 257 g/mol. The smallest absolute Gasteiger partial charge is 0.334 e. The number of fused-ring (bicyclic) bond motifs is 3. The zero-order chi connectivity index (χ0) is 13.1. The van der Waals surface area contributed by atoms with Crippen molar-refractivity contribution < 1.29 is 19.8 Å². The topological polar surface area (TPSA) is 102 Å². The van der Waals surface area contributed by atoms with Gasteiger partial charge in [0.1, 0.15) is 0 Å². The van der Waals surface area contributed by atoms with Gasteiger partial charge in [0.05, 0.1) is 6.54 Å². The van der Waals surface area contributed by atoms with Crippen molar-refractivity contribution in [2.45, 2.75) is 25.0 Å². The summed E-state index contributed by atoms with van der Waals surface area (Å²) in [5, 5.41) is 22.7. The molecule has 0 aliphatic carbocycles. The van der Waals surface area contributed by atoms with Crippen LogP contribution in [0.2, 0.25) is 0 Å². The molecule has 2 amide bonds. The summed E-state index contributed by atoms with van der Waals surface area (Å²) in [6, 6.07) is -0.275. The van der Waals surface area contributed by atoms with E-state index in [1.807, 2.05) is 0 Å². The Kier molecular flexibility index (Phi) is 4.03. The van der Waals surface area contributed by atoms with E-state index < -0.39 is 18.1 Å². The van der Waals surface area contributed by atoms with Crippen LogP contribution in [0, 0.1) is 5.92 Å². The van der Waals surface area contributed by atoms with Crippen LogP contribution in [-0.2, 0) is 4.79 Å². The molecule has 7 heteroatoms. The Hall–Kier alpha value is -1.34. The SMILES string of the molecule is O=C(NCC(O)C(=O)O)NC1CN2CCC1CC2. The number of carboxylic acids is 1. The van der Waals surface area contributed by atoms with E-state index in [0.29, 0.717) is 5.92 Å². The summed E-state index contributed by atoms with van der Waals surface area (Å²) < 4.78 is 0. The molecule has 3 aliphatic heterocycles. The number of piperidine rings is 3. The molecule has 0 aromatic carbocycles. The largest absolute Gasteiger partial charge is 0.479 e. The van der Waals surface area contributed by atoms with Crippen LogP contribution in [0.15, 0.2) is 0 Å². The van der Waals surface area contributed by atoms with Crippen LogP contribution >= 0.6 is 0 Å². The molecule has 2 unspecified atom stereocenters. The molecular formula is C11H19N3O4. The third kappa shape index (κ3) is 3.11. The maximum absolute atomic E-state index is 11.6. The van der Waals surface area contributed by atoms with E-state index in [-0.39, 0.29) is 12.6 Å². The van der Waals surface area contributed by atoms with Crippen LogP contribution in [0.3, 0.4) is 0 Å². The zero-order valence-corrected chi connectivity index (χ0v) is 10.1. The molecule has 4 N–H and O–H groups in total. The Labute approximate surface area is 105 Å². The molecule has 3 rings (SSSR count). The minimum absolute atomic E-state index is 0.134.